The van der Waals surface area contributed by atoms with Crippen molar-refractivity contribution < 1.29 is 5.11 Å². The van der Waals surface area contributed by atoms with Crippen LogP contribution in [0.25, 0.3) is 0 Å². The van der Waals surface area contributed by atoms with E-state index in [0.29, 0.717) is 5.15 Å². The van der Waals surface area contributed by atoms with Gasteiger partial charge in [-0.15, -0.1) is 0 Å². The molecule has 5 heteroatoms. The number of aliphatic hydroxyl groups excluding tert-OH is 1. The monoisotopic (exact) mass is 269 g/mol. The Kier molecular flexibility index (Phi) is 3.78. The van der Waals surface area contributed by atoms with E-state index in [0.717, 1.165) is 36.6 Å². The standard InChI is InChI=1S/C13H20ClN3O/c1-8(2)11-16-10(14)9(3)12(17-11)15-6-13(7-18)4-5-13/h8,18H,4-7H2,1-3H3,(H,15,16,17). The molecule has 1 saturated carbocycles. The van der Waals surface area contributed by atoms with Gasteiger partial charge in [-0.2, -0.15) is 0 Å². The number of halogens is 1. The van der Waals surface area contributed by atoms with Crippen LogP contribution in [0.15, 0.2) is 0 Å². The highest BCUT2D eigenvalue weighted by Crippen LogP contribution is 2.45. The fraction of sp³-hybridized carbons (Fsp3) is 0.692. The summed E-state index contributed by atoms with van der Waals surface area (Å²) < 4.78 is 0. The molecule has 100 valence electrons. The Morgan fingerprint density at radius 3 is 2.56 bits per heavy atom. The minimum absolute atomic E-state index is 0.0574. The second-order valence-corrected chi connectivity index (χ2v) is 5.87. The molecule has 1 aromatic heterocycles. The Hall–Kier alpha value is -0.870. The van der Waals surface area contributed by atoms with E-state index in [1.807, 2.05) is 20.8 Å². The lowest BCUT2D eigenvalue weighted by Gasteiger charge is -2.16. The van der Waals surface area contributed by atoms with Crippen LogP contribution >= 0.6 is 11.6 Å². The maximum atomic E-state index is 9.30. The molecule has 1 heterocycles. The molecule has 18 heavy (non-hydrogen) atoms. The van der Waals surface area contributed by atoms with E-state index in [-0.39, 0.29) is 17.9 Å². The van der Waals surface area contributed by atoms with Crippen LogP contribution in [0.4, 0.5) is 5.82 Å². The van der Waals surface area contributed by atoms with E-state index in [2.05, 4.69) is 15.3 Å². The average molecular weight is 270 g/mol. The van der Waals surface area contributed by atoms with Crippen LogP contribution in [-0.4, -0.2) is 28.2 Å². The predicted molar refractivity (Wildman–Crippen MR) is 73.1 cm³/mol. The summed E-state index contributed by atoms with van der Waals surface area (Å²) >= 11 is 6.12. The first-order valence-electron chi connectivity index (χ1n) is 6.36. The first-order chi connectivity index (χ1) is 8.47. The smallest absolute Gasteiger partial charge is 0.137 e. The molecule has 1 aromatic rings. The van der Waals surface area contributed by atoms with Gasteiger partial charge in [0, 0.05) is 23.4 Å². The fourth-order valence-electron chi connectivity index (χ4n) is 1.77. The van der Waals surface area contributed by atoms with E-state index in [1.165, 1.54) is 0 Å². The van der Waals surface area contributed by atoms with Gasteiger partial charge in [0.2, 0.25) is 0 Å². The van der Waals surface area contributed by atoms with E-state index in [1.54, 1.807) is 0 Å². The van der Waals surface area contributed by atoms with Gasteiger partial charge in [-0.25, -0.2) is 9.97 Å². The number of aromatic nitrogens is 2. The summed E-state index contributed by atoms with van der Waals surface area (Å²) in [5.74, 6) is 1.79. The lowest BCUT2D eigenvalue weighted by Crippen LogP contribution is -2.20. The van der Waals surface area contributed by atoms with Crippen molar-refractivity contribution in [2.45, 2.75) is 39.5 Å². The van der Waals surface area contributed by atoms with E-state index in [4.69, 9.17) is 11.6 Å². The zero-order chi connectivity index (χ0) is 13.3. The molecular formula is C13H20ClN3O. The van der Waals surface area contributed by atoms with Gasteiger partial charge in [0.1, 0.15) is 16.8 Å². The summed E-state index contributed by atoms with van der Waals surface area (Å²) in [6.07, 6.45) is 2.15. The molecule has 1 aliphatic rings. The van der Waals surface area contributed by atoms with Crippen molar-refractivity contribution in [3.05, 3.63) is 16.5 Å². The minimum Gasteiger partial charge on any atom is -0.396 e. The molecule has 0 saturated heterocycles. The number of hydrogen-bond acceptors (Lipinski definition) is 4. The summed E-state index contributed by atoms with van der Waals surface area (Å²) in [5, 5.41) is 13.1. The normalized spacial score (nSPS) is 17.0. The van der Waals surface area contributed by atoms with Crippen molar-refractivity contribution in [2.75, 3.05) is 18.5 Å². The molecule has 1 aliphatic carbocycles. The maximum Gasteiger partial charge on any atom is 0.137 e. The fourth-order valence-corrected chi connectivity index (χ4v) is 1.95. The van der Waals surface area contributed by atoms with E-state index >= 15 is 0 Å². The van der Waals surface area contributed by atoms with Crippen LogP contribution in [0.5, 0.6) is 0 Å². The third kappa shape index (κ3) is 2.75. The van der Waals surface area contributed by atoms with Crippen molar-refractivity contribution in [2.24, 2.45) is 5.41 Å². The molecule has 2 rings (SSSR count). The van der Waals surface area contributed by atoms with E-state index in [9.17, 15) is 5.11 Å². The third-order valence-electron chi connectivity index (χ3n) is 3.54. The third-order valence-corrected chi connectivity index (χ3v) is 3.91. The van der Waals surface area contributed by atoms with Crippen LogP contribution < -0.4 is 5.32 Å². The Labute approximate surface area is 113 Å². The number of nitrogens with zero attached hydrogens (tertiary/aromatic N) is 2. The summed E-state index contributed by atoms with van der Waals surface area (Å²) in [7, 11) is 0. The molecule has 0 spiro atoms. The van der Waals surface area contributed by atoms with Gasteiger partial charge in [-0.1, -0.05) is 25.4 Å². The van der Waals surface area contributed by atoms with Crippen LogP contribution in [0.2, 0.25) is 5.15 Å². The van der Waals surface area contributed by atoms with Crippen molar-refractivity contribution in [3.63, 3.8) is 0 Å². The molecule has 0 bridgehead atoms. The molecule has 0 unspecified atom stereocenters. The number of aliphatic hydroxyl groups is 1. The van der Waals surface area contributed by atoms with Gasteiger partial charge in [-0.05, 0) is 19.8 Å². The van der Waals surface area contributed by atoms with Crippen molar-refractivity contribution in [1.82, 2.24) is 9.97 Å². The zero-order valence-electron chi connectivity index (χ0n) is 11.1. The van der Waals surface area contributed by atoms with Gasteiger partial charge in [0.25, 0.3) is 0 Å². The SMILES string of the molecule is Cc1c(Cl)nc(C(C)C)nc1NCC1(CO)CC1. The molecule has 0 aliphatic heterocycles. The Morgan fingerprint density at radius 1 is 1.39 bits per heavy atom. The summed E-state index contributed by atoms with van der Waals surface area (Å²) in [5.41, 5.74) is 0.928. The molecule has 2 N–H and O–H groups in total. The molecule has 0 radical (unpaired) electrons. The zero-order valence-corrected chi connectivity index (χ0v) is 11.9. The summed E-state index contributed by atoms with van der Waals surface area (Å²) in [6.45, 7) is 6.97. The van der Waals surface area contributed by atoms with Crippen LogP contribution in [-0.2, 0) is 0 Å². The number of hydrogen-bond donors (Lipinski definition) is 2. The molecular weight excluding hydrogens is 250 g/mol. The van der Waals surface area contributed by atoms with Gasteiger partial charge in [0.05, 0.1) is 6.61 Å². The molecule has 1 fully saturated rings. The van der Waals surface area contributed by atoms with Crippen molar-refractivity contribution >= 4 is 17.4 Å². The average Bonchev–Trinajstić information content (AvgIpc) is 3.11. The predicted octanol–water partition coefficient (Wildman–Crippen LogP) is 2.75. The van der Waals surface area contributed by atoms with Crippen molar-refractivity contribution in [3.8, 4) is 0 Å². The lowest BCUT2D eigenvalue weighted by atomic mass is 10.1. The molecule has 4 nitrogen and oxygen atoms in total. The highest BCUT2D eigenvalue weighted by molar-refractivity contribution is 6.30. The Balaban J connectivity index is 2.16. The number of rotatable bonds is 5. The van der Waals surface area contributed by atoms with E-state index < -0.39 is 0 Å². The van der Waals surface area contributed by atoms with Gasteiger partial charge < -0.3 is 10.4 Å². The number of nitrogens with one attached hydrogen (secondary N) is 1. The first-order valence-corrected chi connectivity index (χ1v) is 6.74. The second-order valence-electron chi connectivity index (χ2n) is 5.51. The topological polar surface area (TPSA) is 58.0 Å². The first kappa shape index (κ1) is 13.6. The molecule has 0 amide bonds. The largest absolute Gasteiger partial charge is 0.396 e. The number of anilines is 1. The van der Waals surface area contributed by atoms with Crippen LogP contribution in [0.1, 0.15) is 44.0 Å². The second kappa shape index (κ2) is 5.02. The molecule has 0 atom stereocenters. The minimum atomic E-state index is 0.0574. The van der Waals surface area contributed by atoms with Crippen LogP contribution in [0.3, 0.4) is 0 Å². The highest BCUT2D eigenvalue weighted by Gasteiger charge is 2.41. The molecule has 0 aromatic carbocycles. The lowest BCUT2D eigenvalue weighted by molar-refractivity contribution is 0.219. The van der Waals surface area contributed by atoms with Crippen molar-refractivity contribution in [1.29, 1.82) is 0 Å². The van der Waals surface area contributed by atoms with Crippen LogP contribution in [0, 0.1) is 12.3 Å². The Bertz CT molecular complexity index is 444. The van der Waals surface area contributed by atoms with Gasteiger partial charge in [-0.3, -0.25) is 0 Å². The summed E-state index contributed by atoms with van der Waals surface area (Å²) in [4.78, 5) is 8.79. The summed E-state index contributed by atoms with van der Waals surface area (Å²) in [6, 6.07) is 0. The highest BCUT2D eigenvalue weighted by atomic mass is 35.5. The maximum absolute atomic E-state index is 9.30. The Morgan fingerprint density at radius 2 is 2.06 bits per heavy atom. The van der Waals surface area contributed by atoms with Gasteiger partial charge in [0.15, 0.2) is 0 Å². The quantitative estimate of drug-likeness (QED) is 0.807. The van der Waals surface area contributed by atoms with Gasteiger partial charge >= 0.3 is 0 Å².